The van der Waals surface area contributed by atoms with Gasteiger partial charge < -0.3 is 14.4 Å². The van der Waals surface area contributed by atoms with Gasteiger partial charge in [-0.05, 0) is 67.5 Å². The van der Waals surface area contributed by atoms with Crippen molar-refractivity contribution in [3.8, 4) is 11.4 Å². The number of fused-ring (bicyclic) bond motifs is 1. The molecule has 0 aliphatic rings. The van der Waals surface area contributed by atoms with Gasteiger partial charge in [-0.1, -0.05) is 46.8 Å². The number of carbonyl (C=O) groups is 1. The van der Waals surface area contributed by atoms with Crippen molar-refractivity contribution in [3.05, 3.63) is 64.7 Å². The minimum Gasteiger partial charge on any atom is -0.494 e. The zero-order chi connectivity index (χ0) is 27.9. The molecule has 2 unspecified atom stereocenters. The van der Waals surface area contributed by atoms with E-state index in [1.807, 2.05) is 61.2 Å². The molecule has 0 saturated carbocycles. The third kappa shape index (κ3) is 7.22. The lowest BCUT2D eigenvalue weighted by molar-refractivity contribution is -0.136. The highest BCUT2D eigenvalue weighted by molar-refractivity contribution is 5.79. The molecule has 1 amide bonds. The van der Waals surface area contributed by atoms with Crippen LogP contribution in [0.5, 0.6) is 5.75 Å². The second-order valence-electron chi connectivity index (χ2n) is 11.1. The van der Waals surface area contributed by atoms with Gasteiger partial charge in [0.2, 0.25) is 5.91 Å². The van der Waals surface area contributed by atoms with Gasteiger partial charge in [-0.2, -0.15) is 0 Å². The highest BCUT2D eigenvalue weighted by atomic mass is 16.5. The Hall–Kier alpha value is -3.19. The summed E-state index contributed by atoms with van der Waals surface area (Å²) in [6.45, 7) is 14.1. The van der Waals surface area contributed by atoms with Crippen LogP contribution >= 0.6 is 0 Å². The van der Waals surface area contributed by atoms with Gasteiger partial charge in [0, 0.05) is 20.1 Å². The Kier molecular flexibility index (Phi) is 10.1. The Bertz CT molecular complexity index is 1260. The number of nitrogens with zero attached hydrogens (tertiary/aromatic N) is 3. The Labute approximate surface area is 226 Å². The molecule has 1 aromatic heterocycles. The minimum atomic E-state index is -0.400. The summed E-state index contributed by atoms with van der Waals surface area (Å²) in [4.78, 5) is 34.5. The molecule has 0 N–H and O–H groups in total. The lowest BCUT2D eigenvalue weighted by Crippen LogP contribution is -2.41. The van der Waals surface area contributed by atoms with Crippen LogP contribution in [0.25, 0.3) is 16.6 Å². The molecule has 3 rings (SSSR count). The Morgan fingerprint density at radius 1 is 1.08 bits per heavy atom. The summed E-state index contributed by atoms with van der Waals surface area (Å²) in [5, 5.41) is 0.536. The van der Waals surface area contributed by atoms with Gasteiger partial charge in [-0.25, -0.2) is 4.98 Å². The fraction of sp³-hybridized carbons (Fsp3) is 0.516. The maximum absolute atomic E-state index is 13.9. The summed E-state index contributed by atoms with van der Waals surface area (Å²) < 4.78 is 12.6. The van der Waals surface area contributed by atoms with E-state index in [0.717, 1.165) is 12.2 Å². The van der Waals surface area contributed by atoms with E-state index in [1.54, 1.807) is 17.7 Å². The first-order valence-corrected chi connectivity index (χ1v) is 13.6. The van der Waals surface area contributed by atoms with Crippen LogP contribution < -0.4 is 10.3 Å². The molecule has 3 aromatic rings. The normalized spacial score (nSPS) is 13.3. The lowest BCUT2D eigenvalue weighted by Gasteiger charge is -2.33. The van der Waals surface area contributed by atoms with Crippen LogP contribution in [0.4, 0.5) is 0 Å². The highest BCUT2D eigenvalue weighted by Crippen LogP contribution is 2.30. The number of benzene rings is 2. The van der Waals surface area contributed by atoms with Crippen molar-refractivity contribution in [2.45, 2.75) is 66.8 Å². The fourth-order valence-electron chi connectivity index (χ4n) is 5.20. The van der Waals surface area contributed by atoms with Gasteiger partial charge in [0.25, 0.3) is 5.56 Å². The third-order valence-corrected chi connectivity index (χ3v) is 6.61. The lowest BCUT2D eigenvalue weighted by atomic mass is 9.84. The van der Waals surface area contributed by atoms with Crippen LogP contribution in [-0.2, 0) is 9.53 Å². The standard InChI is InChI=1S/C31H43N3O4/c1-8-27(33(18-19-37-7)28(35)20-22(3)21-31(4,5)6)29-32-26-13-11-10-12-25(26)30(36)34(29)23-14-16-24(17-15-23)38-9-2/h10-17,22,27H,8-9,18-21H2,1-7H3. The molecule has 7 nitrogen and oxygen atoms in total. The maximum atomic E-state index is 13.9. The molecule has 0 fully saturated rings. The van der Waals surface area contributed by atoms with E-state index in [9.17, 15) is 9.59 Å². The summed E-state index contributed by atoms with van der Waals surface area (Å²) >= 11 is 0. The molecule has 38 heavy (non-hydrogen) atoms. The molecule has 1 heterocycles. The summed E-state index contributed by atoms with van der Waals surface area (Å²) in [5.41, 5.74) is 1.28. The predicted molar refractivity (Wildman–Crippen MR) is 153 cm³/mol. The molecule has 0 saturated heterocycles. The quantitative estimate of drug-likeness (QED) is 0.285. The topological polar surface area (TPSA) is 73.7 Å². The first kappa shape index (κ1) is 29.4. The number of carbonyl (C=O) groups excluding carboxylic acids is 1. The number of hydrogen-bond acceptors (Lipinski definition) is 5. The van der Waals surface area contributed by atoms with Crippen molar-refractivity contribution in [3.63, 3.8) is 0 Å². The van der Waals surface area contributed by atoms with Crippen LogP contribution in [0, 0.1) is 11.3 Å². The van der Waals surface area contributed by atoms with Crippen molar-refractivity contribution in [2.24, 2.45) is 11.3 Å². The number of hydrogen-bond donors (Lipinski definition) is 0. The number of para-hydroxylation sites is 1. The van der Waals surface area contributed by atoms with Crippen LogP contribution in [0.2, 0.25) is 0 Å². The number of rotatable bonds is 12. The van der Waals surface area contributed by atoms with Crippen LogP contribution in [0.1, 0.15) is 72.7 Å². The average molecular weight is 522 g/mol. The molecule has 0 bridgehead atoms. The minimum absolute atomic E-state index is 0.0475. The predicted octanol–water partition coefficient (Wildman–Crippen LogP) is 6.17. The molecule has 0 aliphatic heterocycles. The summed E-state index contributed by atoms with van der Waals surface area (Å²) in [7, 11) is 1.63. The molecule has 7 heteroatoms. The summed E-state index contributed by atoms with van der Waals surface area (Å²) in [6, 6.07) is 14.4. The van der Waals surface area contributed by atoms with Gasteiger partial charge in [-0.15, -0.1) is 0 Å². The van der Waals surface area contributed by atoms with Crippen LogP contribution in [0.15, 0.2) is 53.3 Å². The van der Waals surface area contributed by atoms with E-state index in [2.05, 4.69) is 27.7 Å². The van der Waals surface area contributed by atoms with Crippen molar-refractivity contribution in [1.29, 1.82) is 0 Å². The molecule has 0 spiro atoms. The Balaban J connectivity index is 2.14. The number of ether oxygens (including phenoxy) is 2. The van der Waals surface area contributed by atoms with Gasteiger partial charge in [0.15, 0.2) is 0 Å². The van der Waals surface area contributed by atoms with Gasteiger partial charge in [-0.3, -0.25) is 14.2 Å². The van der Waals surface area contributed by atoms with Crippen molar-refractivity contribution < 1.29 is 14.3 Å². The van der Waals surface area contributed by atoms with Crippen molar-refractivity contribution in [1.82, 2.24) is 14.5 Å². The maximum Gasteiger partial charge on any atom is 0.266 e. The first-order valence-electron chi connectivity index (χ1n) is 13.6. The second kappa shape index (κ2) is 13.1. The zero-order valence-corrected chi connectivity index (χ0v) is 24.0. The van der Waals surface area contributed by atoms with Gasteiger partial charge >= 0.3 is 0 Å². The monoisotopic (exact) mass is 521 g/mol. The van der Waals surface area contributed by atoms with E-state index >= 15 is 0 Å². The molecular weight excluding hydrogens is 478 g/mol. The molecular formula is C31H43N3O4. The fourth-order valence-corrected chi connectivity index (χ4v) is 5.20. The van der Waals surface area contributed by atoms with Crippen LogP contribution in [-0.4, -0.2) is 47.2 Å². The Morgan fingerprint density at radius 3 is 2.37 bits per heavy atom. The average Bonchev–Trinajstić information content (AvgIpc) is 2.86. The van der Waals surface area contributed by atoms with Crippen molar-refractivity contribution in [2.75, 3.05) is 26.9 Å². The number of amides is 1. The zero-order valence-electron chi connectivity index (χ0n) is 24.0. The van der Waals surface area contributed by atoms with E-state index in [-0.39, 0.29) is 22.8 Å². The second-order valence-corrected chi connectivity index (χ2v) is 11.1. The smallest absolute Gasteiger partial charge is 0.266 e. The summed E-state index contributed by atoms with van der Waals surface area (Å²) in [6.07, 6.45) is 1.97. The highest BCUT2D eigenvalue weighted by Gasteiger charge is 2.30. The molecule has 0 aliphatic carbocycles. The van der Waals surface area contributed by atoms with Crippen LogP contribution in [0.3, 0.4) is 0 Å². The molecule has 0 radical (unpaired) electrons. The summed E-state index contributed by atoms with van der Waals surface area (Å²) in [5.74, 6) is 1.55. The molecule has 2 atom stereocenters. The van der Waals surface area contributed by atoms with Crippen molar-refractivity contribution >= 4 is 16.8 Å². The Morgan fingerprint density at radius 2 is 1.76 bits per heavy atom. The van der Waals surface area contributed by atoms with E-state index < -0.39 is 6.04 Å². The van der Waals surface area contributed by atoms with E-state index in [4.69, 9.17) is 14.5 Å². The first-order chi connectivity index (χ1) is 18.1. The SMILES string of the molecule is CCOc1ccc(-n2c(C(CC)N(CCOC)C(=O)CC(C)CC(C)(C)C)nc3ccccc3c2=O)cc1. The molecule has 2 aromatic carbocycles. The van der Waals surface area contributed by atoms with Gasteiger partial charge in [0.1, 0.15) is 11.6 Å². The third-order valence-electron chi connectivity index (χ3n) is 6.61. The number of methoxy groups -OCH3 is 1. The van der Waals surface area contributed by atoms with Gasteiger partial charge in [0.05, 0.1) is 35.8 Å². The van der Waals surface area contributed by atoms with E-state index in [1.165, 1.54) is 0 Å². The largest absolute Gasteiger partial charge is 0.494 e. The molecule has 206 valence electrons. The van der Waals surface area contributed by atoms with E-state index in [0.29, 0.717) is 55.0 Å². The number of aromatic nitrogens is 2.